The number of fused-ring (bicyclic) bond motifs is 1. The van der Waals surface area contributed by atoms with Gasteiger partial charge in [0.1, 0.15) is 11.6 Å². The van der Waals surface area contributed by atoms with Crippen molar-refractivity contribution in [2.24, 2.45) is 0 Å². The summed E-state index contributed by atoms with van der Waals surface area (Å²) in [6.45, 7) is 0.269. The number of carbonyl (C=O) groups is 1. The van der Waals surface area contributed by atoms with Gasteiger partial charge in [0.05, 0.1) is 13.7 Å². The molecule has 0 aliphatic carbocycles. The standard InChI is InChI=1S/C19H17N5O2/c1-26-15-6-4-13(5-7-15)18-22-17(23-24-18)11-21-19(25)14-3-2-12-8-9-20-16(12)10-14/h2-10,20H,11H2,1H3,(H,21,25)(H,22,23,24). The first kappa shape index (κ1) is 15.9. The van der Waals surface area contributed by atoms with Crippen LogP contribution in [-0.2, 0) is 6.54 Å². The zero-order valence-corrected chi connectivity index (χ0v) is 14.1. The third-order valence-corrected chi connectivity index (χ3v) is 4.11. The second-order valence-corrected chi connectivity index (χ2v) is 5.80. The molecule has 3 N–H and O–H groups in total. The largest absolute Gasteiger partial charge is 0.497 e. The van der Waals surface area contributed by atoms with Gasteiger partial charge in [0.2, 0.25) is 0 Å². The highest BCUT2D eigenvalue weighted by Gasteiger charge is 2.10. The van der Waals surface area contributed by atoms with E-state index >= 15 is 0 Å². The zero-order chi connectivity index (χ0) is 17.9. The fourth-order valence-corrected chi connectivity index (χ4v) is 2.70. The Morgan fingerprint density at radius 3 is 2.81 bits per heavy atom. The molecule has 1 amide bonds. The number of methoxy groups -OCH3 is 1. The van der Waals surface area contributed by atoms with Gasteiger partial charge < -0.3 is 15.0 Å². The quantitative estimate of drug-likeness (QED) is 0.517. The number of rotatable bonds is 5. The van der Waals surface area contributed by atoms with Crippen LogP contribution in [0.1, 0.15) is 16.2 Å². The lowest BCUT2D eigenvalue weighted by atomic mass is 10.1. The minimum Gasteiger partial charge on any atom is -0.497 e. The predicted octanol–water partition coefficient (Wildman–Crippen LogP) is 2.89. The van der Waals surface area contributed by atoms with Gasteiger partial charge in [-0.15, -0.1) is 0 Å². The Hall–Kier alpha value is -3.61. The van der Waals surface area contributed by atoms with E-state index < -0.39 is 0 Å². The van der Waals surface area contributed by atoms with Gasteiger partial charge in [-0.05, 0) is 47.9 Å². The molecule has 0 fully saturated rings. The van der Waals surface area contributed by atoms with E-state index in [4.69, 9.17) is 4.74 Å². The van der Waals surface area contributed by atoms with Crippen LogP contribution in [0.3, 0.4) is 0 Å². The summed E-state index contributed by atoms with van der Waals surface area (Å²) < 4.78 is 5.14. The first-order valence-electron chi connectivity index (χ1n) is 8.14. The van der Waals surface area contributed by atoms with Crippen molar-refractivity contribution in [3.05, 3.63) is 66.1 Å². The molecular weight excluding hydrogens is 330 g/mol. The van der Waals surface area contributed by atoms with E-state index in [-0.39, 0.29) is 12.5 Å². The van der Waals surface area contributed by atoms with Crippen LogP contribution < -0.4 is 10.1 Å². The Bertz CT molecular complexity index is 1050. The van der Waals surface area contributed by atoms with Crippen LogP contribution in [0.2, 0.25) is 0 Å². The molecule has 2 aromatic heterocycles. The monoisotopic (exact) mass is 347 g/mol. The molecule has 0 unspecified atom stereocenters. The fraction of sp³-hybridized carbons (Fsp3) is 0.105. The molecule has 2 heterocycles. The van der Waals surface area contributed by atoms with Crippen LogP contribution in [0.15, 0.2) is 54.7 Å². The minimum absolute atomic E-state index is 0.163. The van der Waals surface area contributed by atoms with E-state index in [0.29, 0.717) is 17.2 Å². The maximum Gasteiger partial charge on any atom is 0.251 e. The summed E-state index contributed by atoms with van der Waals surface area (Å²) in [7, 11) is 1.62. The van der Waals surface area contributed by atoms with Crippen molar-refractivity contribution in [1.82, 2.24) is 25.5 Å². The Morgan fingerprint density at radius 2 is 2.00 bits per heavy atom. The van der Waals surface area contributed by atoms with Crippen molar-refractivity contribution < 1.29 is 9.53 Å². The number of aromatic amines is 2. The van der Waals surface area contributed by atoms with E-state index in [1.165, 1.54) is 0 Å². The maximum absolute atomic E-state index is 12.3. The normalized spacial score (nSPS) is 10.8. The average Bonchev–Trinajstić information content (AvgIpc) is 3.35. The molecule has 0 spiro atoms. The molecule has 0 bridgehead atoms. The molecule has 0 radical (unpaired) electrons. The molecule has 0 saturated carbocycles. The molecule has 7 nitrogen and oxygen atoms in total. The zero-order valence-electron chi connectivity index (χ0n) is 14.1. The van der Waals surface area contributed by atoms with Gasteiger partial charge in [-0.25, -0.2) is 4.98 Å². The van der Waals surface area contributed by atoms with Gasteiger partial charge in [0, 0.05) is 22.8 Å². The highest BCUT2D eigenvalue weighted by molar-refractivity contribution is 5.97. The predicted molar refractivity (Wildman–Crippen MR) is 97.8 cm³/mol. The topological polar surface area (TPSA) is 95.7 Å². The maximum atomic E-state index is 12.3. The fourth-order valence-electron chi connectivity index (χ4n) is 2.70. The molecule has 26 heavy (non-hydrogen) atoms. The molecule has 130 valence electrons. The van der Waals surface area contributed by atoms with Crippen LogP contribution >= 0.6 is 0 Å². The smallest absolute Gasteiger partial charge is 0.251 e. The number of H-pyrrole nitrogens is 2. The van der Waals surface area contributed by atoms with Crippen molar-refractivity contribution >= 4 is 16.8 Å². The van der Waals surface area contributed by atoms with E-state index in [1.807, 2.05) is 48.7 Å². The van der Waals surface area contributed by atoms with Crippen molar-refractivity contribution in [3.8, 4) is 17.1 Å². The van der Waals surface area contributed by atoms with Gasteiger partial charge in [-0.2, -0.15) is 5.10 Å². The van der Waals surface area contributed by atoms with Gasteiger partial charge >= 0.3 is 0 Å². The van der Waals surface area contributed by atoms with E-state index in [9.17, 15) is 4.79 Å². The van der Waals surface area contributed by atoms with E-state index in [2.05, 4.69) is 25.5 Å². The molecular formula is C19H17N5O2. The van der Waals surface area contributed by atoms with Crippen molar-refractivity contribution in [2.75, 3.05) is 7.11 Å². The summed E-state index contributed by atoms with van der Waals surface area (Å²) in [5, 5.41) is 11.0. The lowest BCUT2D eigenvalue weighted by Crippen LogP contribution is -2.23. The summed E-state index contributed by atoms with van der Waals surface area (Å²) in [5.41, 5.74) is 2.39. The van der Waals surface area contributed by atoms with Gasteiger partial charge in [-0.1, -0.05) is 6.07 Å². The Balaban J connectivity index is 1.42. The molecule has 0 aliphatic rings. The second-order valence-electron chi connectivity index (χ2n) is 5.80. The summed E-state index contributed by atoms with van der Waals surface area (Å²) >= 11 is 0. The molecule has 7 heteroatoms. The highest BCUT2D eigenvalue weighted by atomic mass is 16.5. The van der Waals surface area contributed by atoms with Gasteiger partial charge in [-0.3, -0.25) is 9.89 Å². The van der Waals surface area contributed by atoms with Crippen LogP contribution in [0.4, 0.5) is 0 Å². The number of nitrogens with zero attached hydrogens (tertiary/aromatic N) is 2. The van der Waals surface area contributed by atoms with Crippen LogP contribution in [0.5, 0.6) is 5.75 Å². The third-order valence-electron chi connectivity index (χ3n) is 4.11. The first-order chi connectivity index (χ1) is 12.7. The number of benzene rings is 2. The molecule has 4 aromatic rings. The Morgan fingerprint density at radius 1 is 1.15 bits per heavy atom. The molecule has 0 atom stereocenters. The van der Waals surface area contributed by atoms with Crippen molar-refractivity contribution in [2.45, 2.75) is 6.54 Å². The van der Waals surface area contributed by atoms with Crippen LogP contribution in [-0.4, -0.2) is 33.2 Å². The lowest BCUT2D eigenvalue weighted by molar-refractivity contribution is 0.0950. The lowest BCUT2D eigenvalue weighted by Gasteiger charge is -2.03. The summed E-state index contributed by atoms with van der Waals surface area (Å²) in [6.07, 6.45) is 1.85. The van der Waals surface area contributed by atoms with Crippen molar-refractivity contribution in [3.63, 3.8) is 0 Å². The number of hydrogen-bond acceptors (Lipinski definition) is 4. The molecule has 0 aliphatic heterocycles. The summed E-state index contributed by atoms with van der Waals surface area (Å²) in [5.74, 6) is 1.77. The summed E-state index contributed by atoms with van der Waals surface area (Å²) in [4.78, 5) is 19.8. The minimum atomic E-state index is -0.163. The molecule has 2 aromatic carbocycles. The Kier molecular flexibility index (Phi) is 4.10. The number of aromatic nitrogens is 4. The second kappa shape index (κ2) is 6.72. The Labute approximate surface area is 149 Å². The number of amides is 1. The average molecular weight is 347 g/mol. The van der Waals surface area contributed by atoms with Crippen molar-refractivity contribution in [1.29, 1.82) is 0 Å². The first-order valence-corrected chi connectivity index (χ1v) is 8.14. The number of ether oxygens (including phenoxy) is 1. The van der Waals surface area contributed by atoms with Crippen LogP contribution in [0.25, 0.3) is 22.3 Å². The number of hydrogen-bond donors (Lipinski definition) is 3. The highest BCUT2D eigenvalue weighted by Crippen LogP contribution is 2.19. The van der Waals surface area contributed by atoms with Gasteiger partial charge in [0.25, 0.3) is 5.91 Å². The van der Waals surface area contributed by atoms with E-state index in [0.717, 1.165) is 22.2 Å². The molecule has 0 saturated heterocycles. The number of nitrogens with one attached hydrogen (secondary N) is 3. The van der Waals surface area contributed by atoms with Crippen LogP contribution in [0, 0.1) is 0 Å². The van der Waals surface area contributed by atoms with Gasteiger partial charge in [0.15, 0.2) is 5.82 Å². The number of carbonyl (C=O) groups excluding carboxylic acids is 1. The van der Waals surface area contributed by atoms with E-state index in [1.54, 1.807) is 13.2 Å². The SMILES string of the molecule is COc1ccc(-c2n[nH]c(CNC(=O)c3ccc4cc[nH]c4c3)n2)cc1. The molecule has 4 rings (SSSR count). The third kappa shape index (κ3) is 3.14. The summed E-state index contributed by atoms with van der Waals surface area (Å²) in [6, 6.07) is 15.0.